The van der Waals surface area contributed by atoms with Crippen molar-refractivity contribution >= 4 is 11.8 Å². The maximum Gasteiger partial charge on any atom is 0.247 e. The first-order chi connectivity index (χ1) is 10.1. The number of hydrogen-bond acceptors (Lipinski definition) is 4. The number of amides is 2. The second-order valence-electron chi connectivity index (χ2n) is 5.73. The van der Waals surface area contributed by atoms with Crippen molar-refractivity contribution in [2.75, 3.05) is 26.7 Å². The molecule has 6 heteroatoms. The lowest BCUT2D eigenvalue weighted by Gasteiger charge is -2.47. The first-order valence-electron chi connectivity index (χ1n) is 7.27. The van der Waals surface area contributed by atoms with Crippen molar-refractivity contribution in [3.63, 3.8) is 0 Å². The van der Waals surface area contributed by atoms with Crippen LogP contribution in [0.3, 0.4) is 0 Å². The second kappa shape index (κ2) is 5.44. The van der Waals surface area contributed by atoms with Crippen LogP contribution in [0.2, 0.25) is 0 Å². The summed E-state index contributed by atoms with van der Waals surface area (Å²) in [6.07, 6.45) is 1.77. The standard InChI is InChI=1S/C15H20N4O2/c1-11-14(20)19-8-7-18(9-12-5-3-4-6-16-12)10-13(19)15(21)17(11)2/h3-6,11,13H,7-10H2,1-2H3/t11-,13+/m0/s1. The molecule has 2 atom stereocenters. The Hall–Kier alpha value is -1.95. The molecule has 0 aromatic carbocycles. The molecule has 2 amide bonds. The van der Waals surface area contributed by atoms with Crippen LogP contribution >= 0.6 is 0 Å². The number of rotatable bonds is 2. The van der Waals surface area contributed by atoms with Crippen molar-refractivity contribution in [3.05, 3.63) is 30.1 Å². The van der Waals surface area contributed by atoms with E-state index in [4.69, 9.17) is 0 Å². The molecule has 2 aliphatic rings. The van der Waals surface area contributed by atoms with Gasteiger partial charge in [0.25, 0.3) is 0 Å². The molecule has 112 valence electrons. The van der Waals surface area contributed by atoms with E-state index in [0.717, 1.165) is 12.2 Å². The number of fused-ring (bicyclic) bond motifs is 1. The van der Waals surface area contributed by atoms with Gasteiger partial charge in [-0.25, -0.2) is 0 Å². The van der Waals surface area contributed by atoms with Crippen molar-refractivity contribution in [1.29, 1.82) is 0 Å². The van der Waals surface area contributed by atoms with E-state index in [2.05, 4.69) is 9.88 Å². The zero-order chi connectivity index (χ0) is 15.0. The van der Waals surface area contributed by atoms with E-state index < -0.39 is 0 Å². The molecular formula is C15H20N4O2. The predicted octanol–water partition coefficient (Wildman–Crippen LogP) is -0.0451. The molecule has 1 aromatic rings. The highest BCUT2D eigenvalue weighted by atomic mass is 16.2. The van der Waals surface area contributed by atoms with Gasteiger partial charge in [-0.15, -0.1) is 0 Å². The maximum atomic E-state index is 12.4. The SMILES string of the molecule is C[C@H]1C(=O)N2CCN(Cc3ccccn3)C[C@@H]2C(=O)N1C. The first-order valence-corrected chi connectivity index (χ1v) is 7.27. The van der Waals surface area contributed by atoms with E-state index >= 15 is 0 Å². The molecule has 0 unspecified atom stereocenters. The third-order valence-corrected chi connectivity index (χ3v) is 4.43. The molecule has 21 heavy (non-hydrogen) atoms. The van der Waals surface area contributed by atoms with E-state index in [0.29, 0.717) is 19.6 Å². The van der Waals surface area contributed by atoms with Crippen molar-refractivity contribution in [2.24, 2.45) is 0 Å². The summed E-state index contributed by atoms with van der Waals surface area (Å²) in [7, 11) is 1.71. The Morgan fingerprint density at radius 1 is 1.24 bits per heavy atom. The van der Waals surface area contributed by atoms with Crippen LogP contribution in [0.5, 0.6) is 0 Å². The minimum absolute atomic E-state index is 0.0350. The number of pyridine rings is 1. The fourth-order valence-corrected chi connectivity index (χ4v) is 3.01. The van der Waals surface area contributed by atoms with Gasteiger partial charge in [0.05, 0.1) is 5.69 Å². The highest BCUT2D eigenvalue weighted by Gasteiger charge is 2.44. The van der Waals surface area contributed by atoms with Crippen LogP contribution in [0, 0.1) is 0 Å². The molecule has 0 saturated carbocycles. The van der Waals surface area contributed by atoms with Crippen LogP contribution in [-0.4, -0.2) is 70.3 Å². The zero-order valence-electron chi connectivity index (χ0n) is 12.4. The second-order valence-corrected chi connectivity index (χ2v) is 5.73. The van der Waals surface area contributed by atoms with Crippen molar-refractivity contribution in [2.45, 2.75) is 25.6 Å². The number of carbonyl (C=O) groups excluding carboxylic acids is 2. The highest BCUT2D eigenvalue weighted by Crippen LogP contribution is 2.21. The van der Waals surface area contributed by atoms with E-state index in [1.165, 1.54) is 0 Å². The van der Waals surface area contributed by atoms with Crippen LogP contribution in [0.15, 0.2) is 24.4 Å². The molecule has 2 fully saturated rings. The summed E-state index contributed by atoms with van der Waals surface area (Å²) in [5, 5.41) is 0. The Bertz CT molecular complexity index is 548. The Morgan fingerprint density at radius 2 is 2.05 bits per heavy atom. The van der Waals surface area contributed by atoms with E-state index in [-0.39, 0.29) is 23.9 Å². The lowest BCUT2D eigenvalue weighted by atomic mass is 10.0. The number of piperazine rings is 2. The molecule has 3 heterocycles. The highest BCUT2D eigenvalue weighted by molar-refractivity contribution is 5.96. The molecule has 2 saturated heterocycles. The molecule has 0 radical (unpaired) electrons. The first kappa shape index (κ1) is 14.0. The third kappa shape index (κ3) is 2.51. The van der Waals surface area contributed by atoms with Gasteiger partial charge in [-0.1, -0.05) is 6.07 Å². The van der Waals surface area contributed by atoms with E-state index in [1.807, 2.05) is 18.2 Å². The molecule has 3 rings (SSSR count). The Kier molecular flexibility index (Phi) is 3.63. The lowest BCUT2D eigenvalue weighted by Crippen LogP contribution is -2.68. The number of likely N-dealkylation sites (N-methyl/N-ethyl adjacent to an activating group) is 1. The third-order valence-electron chi connectivity index (χ3n) is 4.43. The van der Waals surface area contributed by atoms with E-state index in [1.54, 1.807) is 30.0 Å². The van der Waals surface area contributed by atoms with Crippen LogP contribution in [0.25, 0.3) is 0 Å². The fraction of sp³-hybridized carbons (Fsp3) is 0.533. The topological polar surface area (TPSA) is 56.8 Å². The summed E-state index contributed by atoms with van der Waals surface area (Å²) >= 11 is 0. The van der Waals surface area contributed by atoms with Gasteiger partial charge in [0, 0.05) is 39.4 Å². The molecule has 6 nitrogen and oxygen atoms in total. The molecule has 0 bridgehead atoms. The zero-order valence-corrected chi connectivity index (χ0v) is 12.4. The average molecular weight is 288 g/mol. The van der Waals surface area contributed by atoms with Gasteiger partial charge in [0.2, 0.25) is 11.8 Å². The van der Waals surface area contributed by atoms with Gasteiger partial charge >= 0.3 is 0 Å². The van der Waals surface area contributed by atoms with Crippen LogP contribution in [-0.2, 0) is 16.1 Å². The number of carbonyl (C=O) groups is 2. The van der Waals surface area contributed by atoms with Gasteiger partial charge in [-0.3, -0.25) is 19.5 Å². The number of aromatic nitrogens is 1. The van der Waals surface area contributed by atoms with Gasteiger partial charge in [0.1, 0.15) is 12.1 Å². The van der Waals surface area contributed by atoms with Crippen LogP contribution < -0.4 is 0 Å². The molecule has 0 aliphatic carbocycles. The van der Waals surface area contributed by atoms with Crippen molar-refractivity contribution in [3.8, 4) is 0 Å². The van der Waals surface area contributed by atoms with Gasteiger partial charge < -0.3 is 9.80 Å². The monoisotopic (exact) mass is 288 g/mol. The summed E-state index contributed by atoms with van der Waals surface area (Å²) in [5.41, 5.74) is 0.988. The molecule has 0 spiro atoms. The average Bonchev–Trinajstić information content (AvgIpc) is 2.52. The van der Waals surface area contributed by atoms with Crippen LogP contribution in [0.4, 0.5) is 0 Å². The largest absolute Gasteiger partial charge is 0.332 e. The van der Waals surface area contributed by atoms with Crippen LogP contribution in [0.1, 0.15) is 12.6 Å². The lowest BCUT2D eigenvalue weighted by molar-refractivity contribution is -0.163. The Labute approximate surface area is 124 Å². The number of nitrogens with zero attached hydrogens (tertiary/aromatic N) is 4. The smallest absolute Gasteiger partial charge is 0.247 e. The quantitative estimate of drug-likeness (QED) is 0.766. The molecule has 2 aliphatic heterocycles. The Balaban J connectivity index is 1.72. The summed E-state index contributed by atoms with van der Waals surface area (Å²) in [5.74, 6) is 0.0902. The number of hydrogen-bond donors (Lipinski definition) is 0. The normalized spacial score (nSPS) is 27.0. The summed E-state index contributed by atoms with van der Waals surface area (Å²) in [6.45, 7) is 4.48. The Morgan fingerprint density at radius 3 is 2.76 bits per heavy atom. The van der Waals surface area contributed by atoms with Crippen molar-refractivity contribution in [1.82, 2.24) is 19.7 Å². The minimum Gasteiger partial charge on any atom is -0.332 e. The molecule has 1 aromatic heterocycles. The molecular weight excluding hydrogens is 268 g/mol. The maximum absolute atomic E-state index is 12.4. The van der Waals surface area contributed by atoms with Crippen molar-refractivity contribution < 1.29 is 9.59 Å². The summed E-state index contributed by atoms with van der Waals surface area (Å²) < 4.78 is 0. The summed E-state index contributed by atoms with van der Waals surface area (Å²) in [4.78, 5) is 34.5. The van der Waals surface area contributed by atoms with Gasteiger partial charge in [0.15, 0.2) is 0 Å². The predicted molar refractivity (Wildman–Crippen MR) is 77.2 cm³/mol. The van der Waals surface area contributed by atoms with E-state index in [9.17, 15) is 9.59 Å². The fourth-order valence-electron chi connectivity index (χ4n) is 3.01. The summed E-state index contributed by atoms with van der Waals surface area (Å²) in [6, 6.07) is 5.13. The minimum atomic E-state index is -0.351. The molecule has 0 N–H and O–H groups in total. The van der Waals surface area contributed by atoms with Gasteiger partial charge in [-0.05, 0) is 19.1 Å². The van der Waals surface area contributed by atoms with Gasteiger partial charge in [-0.2, -0.15) is 0 Å².